The SMILES string of the molecule is Cc1cc(N2CCCOCC2)c(C(=O)O)c(C)n1. The topological polar surface area (TPSA) is 62.7 Å². The van der Waals surface area contributed by atoms with Crippen molar-refractivity contribution < 1.29 is 14.6 Å². The summed E-state index contributed by atoms with van der Waals surface area (Å²) in [4.78, 5) is 17.7. The number of hydrogen-bond donors (Lipinski definition) is 1. The van der Waals surface area contributed by atoms with Crippen molar-refractivity contribution in [2.45, 2.75) is 20.3 Å². The lowest BCUT2D eigenvalue weighted by Gasteiger charge is -2.24. The second-order valence-electron chi connectivity index (χ2n) is 4.50. The molecule has 0 spiro atoms. The summed E-state index contributed by atoms with van der Waals surface area (Å²) < 4.78 is 5.40. The minimum atomic E-state index is -0.917. The molecule has 1 aromatic rings. The van der Waals surface area contributed by atoms with Gasteiger partial charge in [-0.25, -0.2) is 4.79 Å². The van der Waals surface area contributed by atoms with Gasteiger partial charge in [0.15, 0.2) is 0 Å². The Morgan fingerprint density at radius 3 is 2.89 bits per heavy atom. The van der Waals surface area contributed by atoms with Crippen LogP contribution in [0.1, 0.15) is 28.2 Å². The number of aromatic nitrogens is 1. The van der Waals surface area contributed by atoms with E-state index in [9.17, 15) is 9.90 Å². The van der Waals surface area contributed by atoms with E-state index in [4.69, 9.17) is 4.74 Å². The van der Waals surface area contributed by atoms with Crippen molar-refractivity contribution in [3.63, 3.8) is 0 Å². The van der Waals surface area contributed by atoms with E-state index in [-0.39, 0.29) is 0 Å². The quantitative estimate of drug-likeness (QED) is 0.864. The summed E-state index contributed by atoms with van der Waals surface area (Å²) in [6.07, 6.45) is 0.916. The van der Waals surface area contributed by atoms with Crippen LogP contribution in [0.5, 0.6) is 0 Å². The van der Waals surface area contributed by atoms with Crippen LogP contribution >= 0.6 is 0 Å². The Labute approximate surface area is 106 Å². The molecule has 1 saturated heterocycles. The molecule has 2 rings (SSSR count). The molecule has 0 saturated carbocycles. The molecule has 0 bridgehead atoms. The van der Waals surface area contributed by atoms with Crippen LogP contribution in [-0.4, -0.2) is 42.4 Å². The van der Waals surface area contributed by atoms with Gasteiger partial charge in [0, 0.05) is 25.4 Å². The number of aryl methyl sites for hydroxylation is 2. The smallest absolute Gasteiger partial charge is 0.339 e. The largest absolute Gasteiger partial charge is 0.478 e. The molecule has 0 amide bonds. The fraction of sp³-hybridized carbons (Fsp3) is 0.538. The van der Waals surface area contributed by atoms with Crippen LogP contribution in [0.25, 0.3) is 0 Å². The zero-order valence-corrected chi connectivity index (χ0v) is 10.8. The first-order valence-electron chi connectivity index (χ1n) is 6.14. The van der Waals surface area contributed by atoms with Crippen LogP contribution in [0.15, 0.2) is 6.07 Å². The third kappa shape index (κ3) is 2.61. The number of anilines is 1. The molecule has 0 radical (unpaired) electrons. The van der Waals surface area contributed by atoms with Crippen LogP contribution in [0.2, 0.25) is 0 Å². The predicted molar refractivity (Wildman–Crippen MR) is 68.3 cm³/mol. The lowest BCUT2D eigenvalue weighted by atomic mass is 10.1. The van der Waals surface area contributed by atoms with Gasteiger partial charge in [0.1, 0.15) is 5.56 Å². The van der Waals surface area contributed by atoms with Crippen LogP contribution in [0.3, 0.4) is 0 Å². The van der Waals surface area contributed by atoms with Crippen LogP contribution in [-0.2, 0) is 4.74 Å². The monoisotopic (exact) mass is 250 g/mol. The van der Waals surface area contributed by atoms with Crippen LogP contribution < -0.4 is 4.90 Å². The second kappa shape index (κ2) is 5.35. The third-order valence-corrected chi connectivity index (χ3v) is 3.08. The number of carbonyl (C=O) groups is 1. The van der Waals surface area contributed by atoms with Crippen molar-refractivity contribution in [1.82, 2.24) is 4.98 Å². The van der Waals surface area contributed by atoms with Gasteiger partial charge in [0.05, 0.1) is 18.0 Å². The van der Waals surface area contributed by atoms with Crippen molar-refractivity contribution >= 4 is 11.7 Å². The van der Waals surface area contributed by atoms with Gasteiger partial charge in [-0.3, -0.25) is 4.98 Å². The summed E-state index contributed by atoms with van der Waals surface area (Å²) in [5.74, 6) is -0.917. The van der Waals surface area contributed by atoms with E-state index in [0.29, 0.717) is 17.9 Å². The molecular weight excluding hydrogens is 232 g/mol. The van der Waals surface area contributed by atoms with Gasteiger partial charge in [0.25, 0.3) is 0 Å². The van der Waals surface area contributed by atoms with Crippen molar-refractivity contribution in [3.05, 3.63) is 23.0 Å². The van der Waals surface area contributed by atoms with Gasteiger partial charge in [-0.15, -0.1) is 0 Å². The lowest BCUT2D eigenvalue weighted by Crippen LogP contribution is -2.28. The standard InChI is InChI=1S/C13H18N2O3/c1-9-8-11(12(13(16)17)10(2)14-9)15-4-3-6-18-7-5-15/h8H,3-7H2,1-2H3,(H,16,17). The highest BCUT2D eigenvalue weighted by Crippen LogP contribution is 2.25. The van der Waals surface area contributed by atoms with E-state index in [2.05, 4.69) is 9.88 Å². The van der Waals surface area contributed by atoms with E-state index in [0.717, 1.165) is 37.5 Å². The summed E-state index contributed by atoms with van der Waals surface area (Å²) in [5, 5.41) is 9.34. The number of aromatic carboxylic acids is 1. The first-order valence-corrected chi connectivity index (χ1v) is 6.14. The number of pyridine rings is 1. The van der Waals surface area contributed by atoms with Crippen molar-refractivity contribution in [2.24, 2.45) is 0 Å². The summed E-state index contributed by atoms with van der Waals surface area (Å²) >= 11 is 0. The predicted octanol–water partition coefficient (Wildman–Crippen LogP) is 1.62. The number of carboxylic acids is 1. The molecule has 1 aromatic heterocycles. The third-order valence-electron chi connectivity index (χ3n) is 3.08. The molecular formula is C13H18N2O3. The first kappa shape index (κ1) is 12.8. The Bertz CT molecular complexity index is 452. The van der Waals surface area contributed by atoms with Gasteiger partial charge >= 0.3 is 5.97 Å². The van der Waals surface area contributed by atoms with Gasteiger partial charge in [-0.2, -0.15) is 0 Å². The number of hydrogen-bond acceptors (Lipinski definition) is 4. The number of carboxylic acid groups (broad SMARTS) is 1. The molecule has 5 nitrogen and oxygen atoms in total. The zero-order valence-electron chi connectivity index (χ0n) is 10.8. The minimum absolute atomic E-state index is 0.308. The maximum atomic E-state index is 11.4. The Hall–Kier alpha value is -1.62. The minimum Gasteiger partial charge on any atom is -0.478 e. The van der Waals surface area contributed by atoms with Gasteiger partial charge in [-0.05, 0) is 26.3 Å². The highest BCUT2D eigenvalue weighted by Gasteiger charge is 2.20. The first-order chi connectivity index (χ1) is 8.59. The van der Waals surface area contributed by atoms with E-state index in [1.54, 1.807) is 6.92 Å². The number of rotatable bonds is 2. The molecule has 1 fully saturated rings. The van der Waals surface area contributed by atoms with E-state index < -0.39 is 5.97 Å². The second-order valence-corrected chi connectivity index (χ2v) is 4.50. The highest BCUT2D eigenvalue weighted by atomic mass is 16.5. The summed E-state index contributed by atoms with van der Waals surface area (Å²) in [5.41, 5.74) is 2.49. The highest BCUT2D eigenvalue weighted by molar-refractivity contribution is 5.95. The van der Waals surface area contributed by atoms with Crippen LogP contribution in [0, 0.1) is 13.8 Å². The Kier molecular flexibility index (Phi) is 3.81. The maximum Gasteiger partial charge on any atom is 0.339 e. The fourth-order valence-electron chi connectivity index (χ4n) is 2.31. The molecule has 98 valence electrons. The summed E-state index contributed by atoms with van der Waals surface area (Å²) in [7, 11) is 0. The van der Waals surface area contributed by atoms with E-state index in [1.165, 1.54) is 0 Å². The van der Waals surface area contributed by atoms with Crippen molar-refractivity contribution in [3.8, 4) is 0 Å². The normalized spacial score (nSPS) is 16.4. The Balaban J connectivity index is 2.43. The molecule has 2 heterocycles. The molecule has 18 heavy (non-hydrogen) atoms. The summed E-state index contributed by atoms with van der Waals surface area (Å²) in [6.45, 7) is 6.55. The van der Waals surface area contributed by atoms with Crippen LogP contribution in [0.4, 0.5) is 5.69 Å². The molecule has 0 unspecified atom stereocenters. The van der Waals surface area contributed by atoms with Crippen molar-refractivity contribution in [2.75, 3.05) is 31.2 Å². The molecule has 0 aliphatic carbocycles. The van der Waals surface area contributed by atoms with Gasteiger partial charge < -0.3 is 14.7 Å². The number of nitrogens with zero attached hydrogens (tertiary/aromatic N) is 2. The molecule has 1 aliphatic heterocycles. The molecule has 0 atom stereocenters. The molecule has 5 heteroatoms. The lowest BCUT2D eigenvalue weighted by molar-refractivity contribution is 0.0696. The maximum absolute atomic E-state index is 11.4. The summed E-state index contributed by atoms with van der Waals surface area (Å²) in [6, 6.07) is 1.85. The van der Waals surface area contributed by atoms with E-state index in [1.807, 2.05) is 13.0 Å². The van der Waals surface area contributed by atoms with Gasteiger partial charge in [-0.1, -0.05) is 0 Å². The average Bonchev–Trinajstić information content (AvgIpc) is 2.55. The van der Waals surface area contributed by atoms with Crippen molar-refractivity contribution in [1.29, 1.82) is 0 Å². The molecule has 1 N–H and O–H groups in total. The zero-order chi connectivity index (χ0) is 13.1. The van der Waals surface area contributed by atoms with E-state index >= 15 is 0 Å². The Morgan fingerprint density at radius 1 is 1.39 bits per heavy atom. The van der Waals surface area contributed by atoms with Gasteiger partial charge in [0.2, 0.25) is 0 Å². The molecule has 0 aromatic carbocycles. The number of ether oxygens (including phenoxy) is 1. The fourth-order valence-corrected chi connectivity index (χ4v) is 2.31. The molecule has 1 aliphatic rings. The Morgan fingerprint density at radius 2 is 2.17 bits per heavy atom. The average molecular weight is 250 g/mol.